The van der Waals surface area contributed by atoms with Crippen LogP contribution in [0.1, 0.15) is 11.1 Å². The first-order valence-corrected chi connectivity index (χ1v) is 8.87. The zero-order valence-electron chi connectivity index (χ0n) is 16.8. The van der Waals surface area contributed by atoms with Crippen LogP contribution < -0.4 is 19.5 Å². The summed E-state index contributed by atoms with van der Waals surface area (Å²) in [6, 6.07) is 13.8. The predicted octanol–water partition coefficient (Wildman–Crippen LogP) is 2.96. The van der Waals surface area contributed by atoms with Gasteiger partial charge in [-0.1, -0.05) is 18.2 Å². The molecule has 0 amide bonds. The van der Waals surface area contributed by atoms with Crippen molar-refractivity contribution >= 4 is 5.96 Å². The predicted molar refractivity (Wildman–Crippen MR) is 109 cm³/mol. The third-order valence-corrected chi connectivity index (χ3v) is 4.34. The van der Waals surface area contributed by atoms with Crippen LogP contribution in [0.15, 0.2) is 47.5 Å². The topological polar surface area (TPSA) is 55.3 Å². The van der Waals surface area contributed by atoms with Crippen LogP contribution in [-0.4, -0.2) is 52.8 Å². The van der Waals surface area contributed by atoms with Gasteiger partial charge < -0.3 is 24.4 Å². The van der Waals surface area contributed by atoms with Gasteiger partial charge in [0.25, 0.3) is 0 Å². The van der Waals surface area contributed by atoms with E-state index in [1.807, 2.05) is 43.4 Å². The van der Waals surface area contributed by atoms with Crippen LogP contribution in [0.25, 0.3) is 0 Å². The summed E-state index contributed by atoms with van der Waals surface area (Å²) >= 11 is 0. The van der Waals surface area contributed by atoms with Crippen molar-refractivity contribution in [1.82, 2.24) is 10.2 Å². The molecular weight excluding hydrogens is 342 g/mol. The fourth-order valence-corrected chi connectivity index (χ4v) is 2.93. The monoisotopic (exact) mass is 371 g/mol. The Balaban J connectivity index is 1.97. The SMILES string of the molecule is CN=C(NCCc1cc(OC)ccc1OC)N(C)Cc1ccccc1OC. The van der Waals surface area contributed by atoms with Crippen LogP contribution in [0, 0.1) is 0 Å². The number of hydrogen-bond donors (Lipinski definition) is 1. The lowest BCUT2D eigenvalue weighted by Gasteiger charge is -2.23. The van der Waals surface area contributed by atoms with Gasteiger partial charge in [-0.05, 0) is 36.2 Å². The third kappa shape index (κ3) is 5.54. The van der Waals surface area contributed by atoms with Crippen molar-refractivity contribution in [2.24, 2.45) is 4.99 Å². The molecule has 0 radical (unpaired) electrons. The fourth-order valence-electron chi connectivity index (χ4n) is 2.93. The van der Waals surface area contributed by atoms with Gasteiger partial charge in [0.05, 0.1) is 21.3 Å². The number of nitrogens with one attached hydrogen (secondary N) is 1. The summed E-state index contributed by atoms with van der Waals surface area (Å²) in [6.45, 7) is 1.43. The average molecular weight is 371 g/mol. The largest absolute Gasteiger partial charge is 0.497 e. The first-order valence-electron chi connectivity index (χ1n) is 8.87. The van der Waals surface area contributed by atoms with E-state index in [0.717, 1.165) is 47.3 Å². The Morgan fingerprint density at radius 2 is 1.67 bits per heavy atom. The van der Waals surface area contributed by atoms with E-state index in [9.17, 15) is 0 Å². The van der Waals surface area contributed by atoms with Crippen LogP contribution >= 0.6 is 0 Å². The van der Waals surface area contributed by atoms with Gasteiger partial charge >= 0.3 is 0 Å². The van der Waals surface area contributed by atoms with E-state index >= 15 is 0 Å². The lowest BCUT2D eigenvalue weighted by Crippen LogP contribution is -2.39. The van der Waals surface area contributed by atoms with E-state index in [1.165, 1.54) is 0 Å². The fraction of sp³-hybridized carbons (Fsp3) is 0.381. The number of aliphatic imine (C=N–C) groups is 1. The third-order valence-electron chi connectivity index (χ3n) is 4.34. The molecule has 6 nitrogen and oxygen atoms in total. The molecule has 0 atom stereocenters. The number of nitrogens with zero attached hydrogens (tertiary/aromatic N) is 2. The first-order chi connectivity index (χ1) is 13.1. The van der Waals surface area contributed by atoms with Gasteiger partial charge in [-0.2, -0.15) is 0 Å². The Morgan fingerprint density at radius 1 is 0.963 bits per heavy atom. The molecule has 0 unspecified atom stereocenters. The van der Waals surface area contributed by atoms with Crippen molar-refractivity contribution < 1.29 is 14.2 Å². The number of ether oxygens (including phenoxy) is 3. The lowest BCUT2D eigenvalue weighted by atomic mass is 10.1. The number of guanidine groups is 1. The highest BCUT2D eigenvalue weighted by Crippen LogP contribution is 2.24. The molecule has 2 aromatic rings. The Bertz CT molecular complexity index is 762. The molecular formula is C21H29N3O3. The molecule has 146 valence electrons. The normalized spacial score (nSPS) is 11.1. The molecule has 0 aromatic heterocycles. The second-order valence-electron chi connectivity index (χ2n) is 6.07. The van der Waals surface area contributed by atoms with Crippen LogP contribution in [-0.2, 0) is 13.0 Å². The lowest BCUT2D eigenvalue weighted by molar-refractivity contribution is 0.395. The molecule has 6 heteroatoms. The minimum atomic E-state index is 0.701. The van der Waals surface area contributed by atoms with Crippen LogP contribution in [0.3, 0.4) is 0 Å². The number of hydrogen-bond acceptors (Lipinski definition) is 4. The number of methoxy groups -OCH3 is 3. The minimum Gasteiger partial charge on any atom is -0.497 e. The quantitative estimate of drug-likeness (QED) is 0.571. The molecule has 0 aliphatic heterocycles. The van der Waals surface area contributed by atoms with Gasteiger partial charge in [0, 0.05) is 32.7 Å². The maximum atomic E-state index is 5.44. The number of benzene rings is 2. The van der Waals surface area contributed by atoms with Crippen LogP contribution in [0.5, 0.6) is 17.2 Å². The summed E-state index contributed by atoms with van der Waals surface area (Å²) in [6.07, 6.45) is 0.794. The second kappa shape index (κ2) is 10.3. The Morgan fingerprint density at radius 3 is 2.33 bits per heavy atom. The average Bonchev–Trinajstić information content (AvgIpc) is 2.71. The number of para-hydroxylation sites is 1. The maximum absolute atomic E-state index is 5.44. The first kappa shape index (κ1) is 20.4. The number of rotatable bonds is 8. The van der Waals surface area contributed by atoms with Gasteiger partial charge in [-0.3, -0.25) is 4.99 Å². The molecule has 0 aliphatic carbocycles. The summed E-state index contributed by atoms with van der Waals surface area (Å²) in [4.78, 5) is 6.45. The molecule has 27 heavy (non-hydrogen) atoms. The summed E-state index contributed by atoms with van der Waals surface area (Å²) in [5.41, 5.74) is 2.20. The molecule has 1 N–H and O–H groups in total. The molecule has 0 aliphatic rings. The van der Waals surface area contributed by atoms with Crippen molar-refractivity contribution in [2.75, 3.05) is 42.0 Å². The zero-order valence-corrected chi connectivity index (χ0v) is 16.8. The van der Waals surface area contributed by atoms with Gasteiger partial charge in [0.15, 0.2) is 5.96 Å². The summed E-state index contributed by atoms with van der Waals surface area (Å²) < 4.78 is 16.2. The Kier molecular flexibility index (Phi) is 7.79. The van der Waals surface area contributed by atoms with Crippen molar-refractivity contribution in [2.45, 2.75) is 13.0 Å². The molecule has 0 fully saturated rings. The van der Waals surface area contributed by atoms with Gasteiger partial charge in [-0.25, -0.2) is 0 Å². The standard InChI is InChI=1S/C21H29N3O3/c1-22-21(24(2)15-17-8-6-7-9-19(17)26-4)23-13-12-16-14-18(25-3)10-11-20(16)27-5/h6-11,14H,12-13,15H2,1-5H3,(H,22,23). The minimum absolute atomic E-state index is 0.701. The van der Waals surface area contributed by atoms with E-state index in [0.29, 0.717) is 6.54 Å². The van der Waals surface area contributed by atoms with Gasteiger partial charge in [-0.15, -0.1) is 0 Å². The highest BCUT2D eigenvalue weighted by Gasteiger charge is 2.11. The summed E-state index contributed by atoms with van der Waals surface area (Å²) in [5, 5.41) is 3.40. The van der Waals surface area contributed by atoms with E-state index in [4.69, 9.17) is 14.2 Å². The highest BCUT2D eigenvalue weighted by atomic mass is 16.5. The van der Waals surface area contributed by atoms with Crippen molar-refractivity contribution in [3.8, 4) is 17.2 Å². The van der Waals surface area contributed by atoms with E-state index in [2.05, 4.69) is 21.3 Å². The molecule has 0 spiro atoms. The second-order valence-corrected chi connectivity index (χ2v) is 6.07. The van der Waals surface area contributed by atoms with Crippen molar-refractivity contribution in [1.29, 1.82) is 0 Å². The van der Waals surface area contributed by atoms with Crippen LogP contribution in [0.2, 0.25) is 0 Å². The summed E-state index contributed by atoms with van der Waals surface area (Å²) in [7, 11) is 8.83. The Labute approximate surface area is 161 Å². The molecule has 0 saturated heterocycles. The smallest absolute Gasteiger partial charge is 0.193 e. The molecule has 0 saturated carbocycles. The highest BCUT2D eigenvalue weighted by molar-refractivity contribution is 5.79. The Hall–Kier alpha value is -2.89. The molecule has 2 aromatic carbocycles. The van der Waals surface area contributed by atoms with Crippen molar-refractivity contribution in [3.63, 3.8) is 0 Å². The van der Waals surface area contributed by atoms with Crippen molar-refractivity contribution in [3.05, 3.63) is 53.6 Å². The van der Waals surface area contributed by atoms with Gasteiger partial charge in [0.1, 0.15) is 17.2 Å². The van der Waals surface area contributed by atoms with Gasteiger partial charge in [0.2, 0.25) is 0 Å². The molecule has 0 heterocycles. The summed E-state index contributed by atoms with van der Waals surface area (Å²) in [5.74, 6) is 3.38. The van der Waals surface area contributed by atoms with Crippen LogP contribution in [0.4, 0.5) is 0 Å². The van der Waals surface area contributed by atoms with E-state index in [-0.39, 0.29) is 0 Å². The molecule has 2 rings (SSSR count). The van der Waals surface area contributed by atoms with E-state index in [1.54, 1.807) is 28.4 Å². The maximum Gasteiger partial charge on any atom is 0.193 e. The zero-order chi connectivity index (χ0) is 19.6. The molecule has 0 bridgehead atoms. The van der Waals surface area contributed by atoms with E-state index < -0.39 is 0 Å².